The molecule has 0 aliphatic carbocycles. The van der Waals surface area contributed by atoms with Crippen molar-refractivity contribution in [2.24, 2.45) is 0 Å². The molecule has 84 valence electrons. The van der Waals surface area contributed by atoms with Crippen molar-refractivity contribution < 1.29 is 8.95 Å². The van der Waals surface area contributed by atoms with Crippen molar-refractivity contribution in [3.05, 3.63) is 23.3 Å². The smallest absolute Gasteiger partial charge is 0.147 e. The molecule has 2 rings (SSSR count). The fourth-order valence-electron chi connectivity index (χ4n) is 1.56. The standard InChI is InChI=1S/C9H9ClO2S.C2H6/c1-6-4-8(13(10)11)5-7-2-3-12-9(6)7;1-2/h4-5H,2-3H2,1H3;1-2H3. The van der Waals surface area contributed by atoms with E-state index in [0.29, 0.717) is 11.5 Å². The predicted octanol–water partition coefficient (Wildman–Crippen LogP) is 3.22. The summed E-state index contributed by atoms with van der Waals surface area (Å²) in [6, 6.07) is 3.67. The second kappa shape index (κ2) is 5.52. The van der Waals surface area contributed by atoms with Crippen LogP contribution in [0.1, 0.15) is 25.0 Å². The highest BCUT2D eigenvalue weighted by Crippen LogP contribution is 2.31. The van der Waals surface area contributed by atoms with Gasteiger partial charge in [0.2, 0.25) is 0 Å². The number of rotatable bonds is 1. The van der Waals surface area contributed by atoms with E-state index >= 15 is 0 Å². The van der Waals surface area contributed by atoms with Gasteiger partial charge < -0.3 is 4.74 Å². The molecule has 0 N–H and O–H groups in total. The van der Waals surface area contributed by atoms with Crippen LogP contribution in [-0.2, 0) is 16.4 Å². The number of benzene rings is 1. The van der Waals surface area contributed by atoms with Gasteiger partial charge in [-0.2, -0.15) is 0 Å². The van der Waals surface area contributed by atoms with Crippen LogP contribution in [0.5, 0.6) is 5.75 Å². The Balaban J connectivity index is 0.000000531. The summed E-state index contributed by atoms with van der Waals surface area (Å²) in [5, 5.41) is 0. The summed E-state index contributed by atoms with van der Waals surface area (Å²) in [4.78, 5) is 0.670. The molecule has 1 atom stereocenters. The van der Waals surface area contributed by atoms with Gasteiger partial charge in [0.05, 0.1) is 11.5 Å². The Hall–Kier alpha value is -0.540. The Labute approximate surface area is 97.6 Å². The van der Waals surface area contributed by atoms with Crippen LogP contribution >= 0.6 is 10.7 Å². The molecule has 4 heteroatoms. The molecule has 0 amide bonds. The van der Waals surface area contributed by atoms with Crippen molar-refractivity contribution in [3.63, 3.8) is 0 Å². The van der Waals surface area contributed by atoms with E-state index in [0.717, 1.165) is 23.3 Å². The first-order chi connectivity index (χ1) is 7.18. The van der Waals surface area contributed by atoms with Gasteiger partial charge in [0, 0.05) is 6.42 Å². The van der Waals surface area contributed by atoms with E-state index in [4.69, 9.17) is 15.4 Å². The molecular formula is C11H15ClO2S. The number of hydrogen-bond donors (Lipinski definition) is 0. The van der Waals surface area contributed by atoms with Crippen molar-refractivity contribution in [1.82, 2.24) is 0 Å². The first-order valence-corrected chi connectivity index (χ1v) is 7.00. The minimum absolute atomic E-state index is 0.670. The molecule has 0 radical (unpaired) electrons. The van der Waals surface area contributed by atoms with E-state index in [1.54, 1.807) is 0 Å². The molecule has 0 saturated carbocycles. The average Bonchev–Trinajstić information content (AvgIpc) is 2.69. The van der Waals surface area contributed by atoms with Crippen molar-refractivity contribution in [2.75, 3.05) is 6.61 Å². The average molecular weight is 247 g/mol. The molecule has 2 nitrogen and oxygen atoms in total. The Morgan fingerprint density at radius 2 is 2.07 bits per heavy atom. The van der Waals surface area contributed by atoms with Gasteiger partial charge in [-0.15, -0.1) is 0 Å². The second-order valence-corrected chi connectivity index (χ2v) is 4.81. The van der Waals surface area contributed by atoms with Gasteiger partial charge in [0.25, 0.3) is 0 Å². The first kappa shape index (κ1) is 12.5. The molecule has 15 heavy (non-hydrogen) atoms. The van der Waals surface area contributed by atoms with Gasteiger partial charge in [-0.25, -0.2) is 4.21 Å². The lowest BCUT2D eigenvalue weighted by Crippen LogP contribution is -1.89. The van der Waals surface area contributed by atoms with Gasteiger partial charge in [-0.05, 0) is 40.9 Å². The third kappa shape index (κ3) is 2.73. The zero-order chi connectivity index (χ0) is 11.4. The van der Waals surface area contributed by atoms with Crippen molar-refractivity contribution in [1.29, 1.82) is 0 Å². The van der Waals surface area contributed by atoms with Gasteiger partial charge in [0.1, 0.15) is 15.8 Å². The van der Waals surface area contributed by atoms with Gasteiger partial charge in [-0.3, -0.25) is 0 Å². The minimum atomic E-state index is -1.41. The quantitative estimate of drug-likeness (QED) is 0.712. The maximum Gasteiger partial charge on any atom is 0.147 e. The zero-order valence-corrected chi connectivity index (χ0v) is 10.7. The van der Waals surface area contributed by atoms with Crippen molar-refractivity contribution in [2.45, 2.75) is 32.1 Å². The van der Waals surface area contributed by atoms with E-state index in [2.05, 4.69) is 0 Å². The number of halogens is 1. The summed E-state index contributed by atoms with van der Waals surface area (Å²) >= 11 is 0. The maximum atomic E-state index is 11.0. The summed E-state index contributed by atoms with van der Waals surface area (Å²) in [5.74, 6) is 0.936. The largest absolute Gasteiger partial charge is 0.493 e. The highest BCUT2D eigenvalue weighted by atomic mass is 35.7. The summed E-state index contributed by atoms with van der Waals surface area (Å²) in [6.07, 6.45) is 0.887. The lowest BCUT2D eigenvalue weighted by molar-refractivity contribution is 0.354. The van der Waals surface area contributed by atoms with E-state index < -0.39 is 10.0 Å². The molecule has 1 aromatic carbocycles. The lowest BCUT2D eigenvalue weighted by Gasteiger charge is -2.04. The molecule has 0 saturated heterocycles. The summed E-state index contributed by atoms with van der Waals surface area (Å²) < 4.78 is 16.5. The van der Waals surface area contributed by atoms with Gasteiger partial charge in [-0.1, -0.05) is 13.8 Å². The molecule has 1 unspecified atom stereocenters. The third-order valence-electron chi connectivity index (χ3n) is 2.13. The van der Waals surface area contributed by atoms with E-state index in [1.807, 2.05) is 32.9 Å². The molecular weight excluding hydrogens is 232 g/mol. The van der Waals surface area contributed by atoms with Crippen LogP contribution in [0.25, 0.3) is 0 Å². The Kier molecular flexibility index (Phi) is 4.61. The van der Waals surface area contributed by atoms with Crippen LogP contribution in [0.4, 0.5) is 0 Å². The lowest BCUT2D eigenvalue weighted by atomic mass is 10.1. The Bertz CT molecular complexity index is 377. The molecule has 1 heterocycles. The molecule has 0 spiro atoms. The molecule has 1 aromatic rings. The normalized spacial score (nSPS) is 14.7. The van der Waals surface area contributed by atoms with E-state index in [1.165, 1.54) is 0 Å². The summed E-state index contributed by atoms with van der Waals surface area (Å²) in [5.41, 5.74) is 2.13. The van der Waals surface area contributed by atoms with Crippen molar-refractivity contribution in [3.8, 4) is 5.75 Å². The number of aryl methyl sites for hydroxylation is 1. The van der Waals surface area contributed by atoms with Crippen LogP contribution in [0, 0.1) is 6.92 Å². The van der Waals surface area contributed by atoms with Gasteiger partial charge >= 0.3 is 0 Å². The zero-order valence-electron chi connectivity index (χ0n) is 9.17. The van der Waals surface area contributed by atoms with Crippen LogP contribution in [0.2, 0.25) is 0 Å². The maximum absolute atomic E-state index is 11.0. The third-order valence-corrected chi connectivity index (χ3v) is 3.27. The number of fused-ring (bicyclic) bond motifs is 1. The van der Waals surface area contributed by atoms with Crippen molar-refractivity contribution >= 4 is 20.7 Å². The van der Waals surface area contributed by atoms with Gasteiger partial charge in [0.15, 0.2) is 0 Å². The van der Waals surface area contributed by atoms with Crippen LogP contribution in [0.15, 0.2) is 17.0 Å². The van der Waals surface area contributed by atoms with Crippen LogP contribution < -0.4 is 4.74 Å². The van der Waals surface area contributed by atoms with E-state index in [9.17, 15) is 4.21 Å². The summed E-state index contributed by atoms with van der Waals surface area (Å²) in [7, 11) is 4.09. The highest BCUT2D eigenvalue weighted by molar-refractivity contribution is 8.08. The second-order valence-electron chi connectivity index (χ2n) is 3.05. The predicted molar refractivity (Wildman–Crippen MR) is 64.0 cm³/mol. The Morgan fingerprint density at radius 3 is 2.67 bits per heavy atom. The molecule has 0 aromatic heterocycles. The fraction of sp³-hybridized carbons (Fsp3) is 0.455. The first-order valence-electron chi connectivity index (χ1n) is 5.03. The minimum Gasteiger partial charge on any atom is -0.493 e. The molecule has 1 aliphatic heterocycles. The van der Waals surface area contributed by atoms with E-state index in [-0.39, 0.29) is 0 Å². The van der Waals surface area contributed by atoms with Crippen LogP contribution in [0.3, 0.4) is 0 Å². The highest BCUT2D eigenvalue weighted by Gasteiger charge is 2.16. The molecule has 0 fully saturated rings. The summed E-state index contributed by atoms with van der Waals surface area (Å²) in [6.45, 7) is 6.66. The Morgan fingerprint density at radius 1 is 1.40 bits per heavy atom. The van der Waals surface area contributed by atoms with Crippen LogP contribution in [-0.4, -0.2) is 10.8 Å². The number of hydrogen-bond acceptors (Lipinski definition) is 2. The molecule has 1 aliphatic rings. The number of ether oxygens (including phenoxy) is 1. The monoisotopic (exact) mass is 246 g/mol. The topological polar surface area (TPSA) is 26.3 Å². The SMILES string of the molecule is CC.Cc1cc(S(=O)Cl)cc2c1OCC2. The molecule has 0 bridgehead atoms. The fourth-order valence-corrected chi connectivity index (χ4v) is 2.33.